The van der Waals surface area contributed by atoms with Gasteiger partial charge in [-0.3, -0.25) is 10.1 Å². The molecule has 0 aliphatic heterocycles. The van der Waals surface area contributed by atoms with E-state index in [9.17, 15) is 10.1 Å². The number of nitrogens with one attached hydrogen (secondary N) is 1. The Balaban J connectivity index is 2.52. The summed E-state index contributed by atoms with van der Waals surface area (Å²) in [7, 11) is 2.05. The van der Waals surface area contributed by atoms with Crippen LogP contribution in [0.15, 0.2) is 18.2 Å². The van der Waals surface area contributed by atoms with Gasteiger partial charge in [0.1, 0.15) is 0 Å². The molecule has 0 aliphatic carbocycles. The largest absolute Gasteiger partial charge is 0.311 e. The first-order valence-corrected chi connectivity index (χ1v) is 6.63. The Morgan fingerprint density at radius 1 is 1.47 bits per heavy atom. The van der Waals surface area contributed by atoms with Gasteiger partial charge in [-0.15, -0.1) is 0 Å². The van der Waals surface area contributed by atoms with Gasteiger partial charge in [-0.1, -0.05) is 11.6 Å². The van der Waals surface area contributed by atoms with Crippen LogP contribution >= 0.6 is 11.6 Å². The maximum atomic E-state index is 10.9. The Morgan fingerprint density at radius 2 is 2.16 bits per heavy atom. The highest BCUT2D eigenvalue weighted by atomic mass is 35.5. The Bertz CT molecular complexity index is 438. The van der Waals surface area contributed by atoms with E-state index in [0.29, 0.717) is 23.2 Å². The number of halogens is 1. The van der Waals surface area contributed by atoms with Crippen LogP contribution in [0.2, 0.25) is 5.02 Å². The van der Waals surface area contributed by atoms with E-state index in [-0.39, 0.29) is 5.69 Å². The van der Waals surface area contributed by atoms with Gasteiger partial charge in [0.25, 0.3) is 5.69 Å². The lowest BCUT2D eigenvalue weighted by Crippen LogP contribution is -2.33. The van der Waals surface area contributed by atoms with Crippen molar-refractivity contribution in [2.45, 2.75) is 26.4 Å². The van der Waals surface area contributed by atoms with Gasteiger partial charge in [0, 0.05) is 42.3 Å². The predicted molar refractivity (Wildman–Crippen MR) is 77.6 cm³/mol. The molecule has 1 N–H and O–H groups in total. The van der Waals surface area contributed by atoms with Crippen LogP contribution in [0.3, 0.4) is 0 Å². The summed E-state index contributed by atoms with van der Waals surface area (Å²) in [6.07, 6.45) is 0. The molecule has 0 aromatic heterocycles. The van der Waals surface area contributed by atoms with Crippen molar-refractivity contribution in [2.75, 3.05) is 20.1 Å². The summed E-state index contributed by atoms with van der Waals surface area (Å²) in [6, 6.07) is 5.25. The van der Waals surface area contributed by atoms with Crippen LogP contribution in [0.4, 0.5) is 5.69 Å². The van der Waals surface area contributed by atoms with Gasteiger partial charge >= 0.3 is 0 Å². The van der Waals surface area contributed by atoms with E-state index in [1.165, 1.54) is 6.07 Å². The molecular formula is C13H20ClN3O2. The van der Waals surface area contributed by atoms with Crippen molar-refractivity contribution in [1.29, 1.82) is 0 Å². The average Bonchev–Trinajstić information content (AvgIpc) is 2.35. The Hall–Kier alpha value is -1.17. The number of rotatable bonds is 7. The fourth-order valence-corrected chi connectivity index (χ4v) is 1.76. The second kappa shape index (κ2) is 7.43. The van der Waals surface area contributed by atoms with E-state index in [1.54, 1.807) is 12.1 Å². The molecule has 106 valence electrons. The molecular weight excluding hydrogens is 266 g/mol. The van der Waals surface area contributed by atoms with E-state index in [2.05, 4.69) is 31.1 Å². The van der Waals surface area contributed by atoms with Gasteiger partial charge in [-0.25, -0.2) is 0 Å². The van der Waals surface area contributed by atoms with Crippen molar-refractivity contribution in [3.8, 4) is 0 Å². The van der Waals surface area contributed by atoms with Crippen molar-refractivity contribution < 1.29 is 4.92 Å². The average molecular weight is 286 g/mol. The molecule has 1 rings (SSSR count). The summed E-state index contributed by atoms with van der Waals surface area (Å²) in [4.78, 5) is 12.7. The molecule has 5 nitrogen and oxygen atoms in total. The van der Waals surface area contributed by atoms with Crippen molar-refractivity contribution in [2.24, 2.45) is 0 Å². The Kier molecular flexibility index (Phi) is 6.21. The van der Waals surface area contributed by atoms with Gasteiger partial charge in [-0.05, 0) is 33.0 Å². The molecule has 0 spiro atoms. The van der Waals surface area contributed by atoms with Gasteiger partial charge in [-0.2, -0.15) is 0 Å². The summed E-state index contributed by atoms with van der Waals surface area (Å²) in [5.41, 5.74) is 0.721. The standard InChI is InChI=1S/C13H20ClN3O2/c1-10(2)16(3)7-6-15-9-11-4-5-12(14)8-13(11)17(18)19/h4-5,8,10,15H,6-7,9H2,1-3H3. The minimum Gasteiger partial charge on any atom is -0.311 e. The third-order valence-corrected chi connectivity index (χ3v) is 3.32. The molecule has 0 amide bonds. The van der Waals surface area contributed by atoms with E-state index in [0.717, 1.165) is 13.1 Å². The number of nitro groups is 1. The smallest absolute Gasteiger partial charge is 0.275 e. The van der Waals surface area contributed by atoms with Gasteiger partial charge in [0.2, 0.25) is 0 Å². The minimum absolute atomic E-state index is 0.0669. The lowest BCUT2D eigenvalue weighted by Gasteiger charge is -2.20. The summed E-state index contributed by atoms with van der Waals surface area (Å²) < 4.78 is 0. The van der Waals surface area contributed by atoms with Crippen LogP contribution < -0.4 is 5.32 Å². The maximum Gasteiger partial charge on any atom is 0.275 e. The highest BCUT2D eigenvalue weighted by Crippen LogP contribution is 2.22. The predicted octanol–water partition coefficient (Wildman–Crippen LogP) is 2.68. The molecule has 0 fully saturated rings. The molecule has 1 aromatic carbocycles. The number of benzene rings is 1. The molecule has 0 unspecified atom stereocenters. The first-order chi connectivity index (χ1) is 8.91. The van der Waals surface area contributed by atoms with Crippen molar-refractivity contribution in [3.05, 3.63) is 38.9 Å². The normalized spacial score (nSPS) is 11.3. The molecule has 0 bridgehead atoms. The Morgan fingerprint density at radius 3 is 2.74 bits per heavy atom. The summed E-state index contributed by atoms with van der Waals surface area (Å²) in [5.74, 6) is 0. The first kappa shape index (κ1) is 15.9. The third-order valence-electron chi connectivity index (χ3n) is 3.08. The van der Waals surface area contributed by atoms with Crippen molar-refractivity contribution in [3.63, 3.8) is 0 Å². The Labute approximate surface area is 118 Å². The monoisotopic (exact) mass is 285 g/mol. The second-order valence-corrected chi connectivity index (χ2v) is 5.22. The number of likely N-dealkylation sites (N-methyl/N-ethyl adjacent to an activating group) is 1. The van der Waals surface area contributed by atoms with Crippen LogP contribution in [0, 0.1) is 10.1 Å². The summed E-state index contributed by atoms with van der Waals surface area (Å²) in [5, 5.41) is 14.5. The topological polar surface area (TPSA) is 58.4 Å². The molecule has 0 atom stereocenters. The molecule has 19 heavy (non-hydrogen) atoms. The van der Waals surface area contributed by atoms with Crippen LogP contribution in [0.25, 0.3) is 0 Å². The van der Waals surface area contributed by atoms with Crippen LogP contribution in [-0.4, -0.2) is 36.0 Å². The van der Waals surface area contributed by atoms with E-state index in [4.69, 9.17) is 11.6 Å². The number of hydrogen-bond donors (Lipinski definition) is 1. The minimum atomic E-state index is -0.400. The summed E-state index contributed by atoms with van der Waals surface area (Å²) >= 11 is 5.77. The van der Waals surface area contributed by atoms with Gasteiger partial charge in [0.05, 0.1) is 4.92 Å². The zero-order chi connectivity index (χ0) is 14.4. The molecule has 0 saturated carbocycles. The quantitative estimate of drug-likeness (QED) is 0.475. The third kappa shape index (κ3) is 5.14. The van der Waals surface area contributed by atoms with Crippen LogP contribution in [0.5, 0.6) is 0 Å². The zero-order valence-corrected chi connectivity index (χ0v) is 12.3. The van der Waals surface area contributed by atoms with E-state index < -0.39 is 4.92 Å². The van der Waals surface area contributed by atoms with Gasteiger partial charge in [0.15, 0.2) is 0 Å². The molecule has 0 heterocycles. The van der Waals surface area contributed by atoms with Crippen molar-refractivity contribution in [1.82, 2.24) is 10.2 Å². The molecule has 1 aromatic rings. The number of nitrogens with zero attached hydrogens (tertiary/aromatic N) is 2. The SMILES string of the molecule is CC(C)N(C)CCNCc1ccc(Cl)cc1[N+](=O)[O-]. The van der Waals surface area contributed by atoms with Gasteiger partial charge < -0.3 is 10.2 Å². The highest BCUT2D eigenvalue weighted by molar-refractivity contribution is 6.30. The summed E-state index contributed by atoms with van der Waals surface area (Å²) in [6.45, 7) is 6.42. The number of nitro benzene ring substituents is 1. The molecule has 0 aliphatic rings. The lowest BCUT2D eigenvalue weighted by molar-refractivity contribution is -0.385. The number of hydrogen-bond acceptors (Lipinski definition) is 4. The van der Waals surface area contributed by atoms with E-state index >= 15 is 0 Å². The second-order valence-electron chi connectivity index (χ2n) is 4.78. The maximum absolute atomic E-state index is 10.9. The molecule has 6 heteroatoms. The first-order valence-electron chi connectivity index (χ1n) is 6.25. The zero-order valence-electron chi connectivity index (χ0n) is 11.5. The van der Waals surface area contributed by atoms with Crippen LogP contribution in [-0.2, 0) is 6.54 Å². The van der Waals surface area contributed by atoms with E-state index in [1.807, 2.05) is 0 Å². The molecule has 0 saturated heterocycles. The fourth-order valence-electron chi connectivity index (χ4n) is 1.59. The van der Waals surface area contributed by atoms with Crippen molar-refractivity contribution >= 4 is 17.3 Å². The molecule has 0 radical (unpaired) electrons. The fraction of sp³-hybridized carbons (Fsp3) is 0.538. The highest BCUT2D eigenvalue weighted by Gasteiger charge is 2.13. The lowest BCUT2D eigenvalue weighted by atomic mass is 10.2. The van der Waals surface area contributed by atoms with Crippen LogP contribution in [0.1, 0.15) is 19.4 Å².